The zero-order valence-electron chi connectivity index (χ0n) is 14.0. The van der Waals surface area contributed by atoms with Gasteiger partial charge in [0.1, 0.15) is 17.9 Å². The number of pyridine rings is 1. The van der Waals surface area contributed by atoms with Gasteiger partial charge < -0.3 is 9.64 Å². The van der Waals surface area contributed by atoms with Gasteiger partial charge in [-0.1, -0.05) is 0 Å². The number of nitrogens with one attached hydrogen (secondary N) is 1. The van der Waals surface area contributed by atoms with Crippen molar-refractivity contribution in [1.82, 2.24) is 25.1 Å². The summed E-state index contributed by atoms with van der Waals surface area (Å²) in [5.74, 6) is 1.72. The molecule has 0 atom stereocenters. The van der Waals surface area contributed by atoms with Gasteiger partial charge in [0.05, 0.1) is 24.7 Å². The highest BCUT2D eigenvalue weighted by Gasteiger charge is 2.16. The summed E-state index contributed by atoms with van der Waals surface area (Å²) in [6.07, 6.45) is 3.37. The minimum atomic E-state index is 0.624. The highest BCUT2D eigenvalue weighted by atomic mass is 16.5. The van der Waals surface area contributed by atoms with Gasteiger partial charge in [-0.25, -0.2) is 9.97 Å². The van der Waals surface area contributed by atoms with E-state index in [-0.39, 0.29) is 0 Å². The number of nitrogens with zero attached hydrogens (tertiary/aromatic N) is 5. The molecule has 7 heteroatoms. The minimum absolute atomic E-state index is 0.624. The molecule has 0 aliphatic rings. The smallest absolute Gasteiger partial charge is 0.186 e. The van der Waals surface area contributed by atoms with Crippen LogP contribution >= 0.6 is 0 Å². The lowest BCUT2D eigenvalue weighted by molar-refractivity contribution is 0.407. The number of hydrogen-bond acceptors (Lipinski definition) is 6. The van der Waals surface area contributed by atoms with Crippen molar-refractivity contribution in [2.45, 2.75) is 27.3 Å². The monoisotopic (exact) mass is 312 g/mol. The molecule has 0 spiro atoms. The third kappa shape index (κ3) is 2.58. The van der Waals surface area contributed by atoms with Crippen LogP contribution < -0.4 is 9.64 Å². The second-order valence-corrected chi connectivity index (χ2v) is 5.65. The lowest BCUT2D eigenvalue weighted by Gasteiger charge is -2.20. The highest BCUT2D eigenvalue weighted by Crippen LogP contribution is 2.28. The summed E-state index contributed by atoms with van der Waals surface area (Å²) in [5, 5.41) is 8.08. The van der Waals surface area contributed by atoms with Crippen molar-refractivity contribution in [3.05, 3.63) is 35.0 Å². The molecule has 0 aliphatic heterocycles. The van der Waals surface area contributed by atoms with Gasteiger partial charge in [0, 0.05) is 30.1 Å². The van der Waals surface area contributed by atoms with E-state index < -0.39 is 0 Å². The van der Waals surface area contributed by atoms with Gasteiger partial charge in [0.25, 0.3) is 0 Å². The summed E-state index contributed by atoms with van der Waals surface area (Å²) < 4.78 is 5.48. The minimum Gasteiger partial charge on any atom is -0.496 e. The molecule has 1 N–H and O–H groups in total. The maximum atomic E-state index is 5.48. The molecule has 0 fully saturated rings. The number of aromatic nitrogens is 5. The van der Waals surface area contributed by atoms with Crippen molar-refractivity contribution < 1.29 is 4.74 Å². The van der Waals surface area contributed by atoms with Crippen molar-refractivity contribution in [2.24, 2.45) is 0 Å². The van der Waals surface area contributed by atoms with Crippen LogP contribution in [0, 0.1) is 20.8 Å². The molecular weight excluding hydrogens is 292 g/mol. The molecule has 0 bridgehead atoms. The molecular formula is C16H20N6O. The number of fused-ring (bicyclic) bond motifs is 1. The summed E-state index contributed by atoms with van der Waals surface area (Å²) in [6.45, 7) is 6.61. The zero-order chi connectivity index (χ0) is 16.6. The first kappa shape index (κ1) is 15.2. The van der Waals surface area contributed by atoms with Gasteiger partial charge >= 0.3 is 0 Å². The van der Waals surface area contributed by atoms with E-state index in [9.17, 15) is 0 Å². The predicted octanol–water partition coefficient (Wildman–Crippen LogP) is 2.32. The fourth-order valence-corrected chi connectivity index (χ4v) is 2.80. The summed E-state index contributed by atoms with van der Waals surface area (Å²) in [5.41, 5.74) is 4.67. The molecule has 3 aromatic heterocycles. The van der Waals surface area contributed by atoms with Crippen molar-refractivity contribution >= 4 is 16.9 Å². The van der Waals surface area contributed by atoms with Gasteiger partial charge in [-0.3, -0.25) is 10.1 Å². The van der Waals surface area contributed by atoms with E-state index in [2.05, 4.69) is 30.0 Å². The molecule has 7 nitrogen and oxygen atoms in total. The normalized spacial score (nSPS) is 11.0. The van der Waals surface area contributed by atoms with E-state index >= 15 is 0 Å². The molecule has 0 saturated carbocycles. The standard InChI is InChI=1S/C16H20N6O/c1-9-6-17-12(10(2)14(9)23-5)7-22(4)16-13-11(3)20-21-15(13)18-8-19-16/h6,8H,7H2,1-5H3,(H,18,19,20,21). The third-order valence-electron chi connectivity index (χ3n) is 4.01. The first-order valence-electron chi connectivity index (χ1n) is 7.38. The van der Waals surface area contributed by atoms with Gasteiger partial charge in [-0.2, -0.15) is 5.10 Å². The van der Waals surface area contributed by atoms with Crippen LogP contribution in [-0.4, -0.2) is 39.3 Å². The Hall–Kier alpha value is -2.70. The Kier molecular flexibility index (Phi) is 3.85. The van der Waals surface area contributed by atoms with Gasteiger partial charge in [-0.05, 0) is 20.8 Å². The summed E-state index contributed by atoms with van der Waals surface area (Å²) in [4.78, 5) is 15.2. The Morgan fingerprint density at radius 3 is 2.70 bits per heavy atom. The number of aryl methyl sites for hydroxylation is 2. The molecule has 0 aliphatic carbocycles. The van der Waals surface area contributed by atoms with E-state index in [0.29, 0.717) is 12.2 Å². The van der Waals surface area contributed by atoms with Crippen LogP contribution in [-0.2, 0) is 6.54 Å². The predicted molar refractivity (Wildman–Crippen MR) is 88.8 cm³/mol. The molecule has 3 rings (SSSR count). The number of aromatic amines is 1. The maximum absolute atomic E-state index is 5.48. The molecule has 0 radical (unpaired) electrons. The molecule has 0 aromatic carbocycles. The van der Waals surface area contributed by atoms with Crippen LogP contribution in [0.25, 0.3) is 11.0 Å². The number of anilines is 1. The van der Waals surface area contributed by atoms with Crippen molar-refractivity contribution in [2.75, 3.05) is 19.1 Å². The van der Waals surface area contributed by atoms with E-state index in [1.807, 2.05) is 34.0 Å². The fourth-order valence-electron chi connectivity index (χ4n) is 2.80. The van der Waals surface area contributed by atoms with Gasteiger partial charge in [-0.15, -0.1) is 0 Å². The quantitative estimate of drug-likeness (QED) is 0.796. The van der Waals surface area contributed by atoms with Crippen LogP contribution in [0.15, 0.2) is 12.5 Å². The second-order valence-electron chi connectivity index (χ2n) is 5.65. The number of hydrogen-bond donors (Lipinski definition) is 1. The Bertz CT molecular complexity index is 857. The van der Waals surface area contributed by atoms with Crippen LogP contribution in [0.2, 0.25) is 0 Å². The number of rotatable bonds is 4. The van der Waals surface area contributed by atoms with Gasteiger partial charge in [0.2, 0.25) is 0 Å². The first-order valence-corrected chi connectivity index (χ1v) is 7.38. The molecule has 120 valence electrons. The Morgan fingerprint density at radius 2 is 1.96 bits per heavy atom. The first-order chi connectivity index (χ1) is 11.0. The highest BCUT2D eigenvalue weighted by molar-refractivity contribution is 5.88. The van der Waals surface area contributed by atoms with Crippen LogP contribution in [0.4, 0.5) is 5.82 Å². The van der Waals surface area contributed by atoms with Gasteiger partial charge in [0.15, 0.2) is 5.65 Å². The maximum Gasteiger partial charge on any atom is 0.186 e. The lowest BCUT2D eigenvalue weighted by atomic mass is 10.1. The topological polar surface area (TPSA) is 79.8 Å². The second kappa shape index (κ2) is 5.83. The number of methoxy groups -OCH3 is 1. The summed E-state index contributed by atoms with van der Waals surface area (Å²) >= 11 is 0. The number of ether oxygens (including phenoxy) is 1. The molecule has 23 heavy (non-hydrogen) atoms. The SMILES string of the molecule is COc1c(C)cnc(CN(C)c2ncnc3n[nH]c(C)c23)c1C. The van der Waals surface area contributed by atoms with Crippen LogP contribution in [0.5, 0.6) is 5.75 Å². The lowest BCUT2D eigenvalue weighted by Crippen LogP contribution is -2.20. The zero-order valence-corrected chi connectivity index (χ0v) is 14.0. The average Bonchev–Trinajstić information content (AvgIpc) is 2.92. The summed E-state index contributed by atoms with van der Waals surface area (Å²) in [6, 6.07) is 0. The molecule has 3 aromatic rings. The average molecular weight is 312 g/mol. The Balaban J connectivity index is 1.98. The van der Waals surface area contributed by atoms with E-state index in [1.165, 1.54) is 6.33 Å². The Labute approximate surface area is 134 Å². The third-order valence-corrected chi connectivity index (χ3v) is 4.01. The fraction of sp³-hybridized carbons (Fsp3) is 0.375. The van der Waals surface area contributed by atoms with Crippen molar-refractivity contribution in [3.63, 3.8) is 0 Å². The van der Waals surface area contributed by atoms with E-state index in [4.69, 9.17) is 4.74 Å². The molecule has 3 heterocycles. The summed E-state index contributed by atoms with van der Waals surface area (Å²) in [7, 11) is 3.67. The van der Waals surface area contributed by atoms with Crippen LogP contribution in [0.3, 0.4) is 0 Å². The van der Waals surface area contributed by atoms with E-state index in [1.54, 1.807) is 7.11 Å². The number of H-pyrrole nitrogens is 1. The molecule has 0 unspecified atom stereocenters. The molecule has 0 saturated heterocycles. The largest absolute Gasteiger partial charge is 0.496 e. The molecule has 0 amide bonds. The van der Waals surface area contributed by atoms with Crippen molar-refractivity contribution in [1.29, 1.82) is 0 Å². The van der Waals surface area contributed by atoms with Crippen molar-refractivity contribution in [3.8, 4) is 5.75 Å². The Morgan fingerprint density at radius 1 is 1.17 bits per heavy atom. The van der Waals surface area contributed by atoms with Crippen LogP contribution in [0.1, 0.15) is 22.5 Å². The van der Waals surface area contributed by atoms with E-state index in [0.717, 1.165) is 39.5 Å².